The zero-order valence-electron chi connectivity index (χ0n) is 22.0. The maximum absolute atomic E-state index is 11.4. The van der Waals surface area contributed by atoms with Crippen LogP contribution in [0, 0.1) is 0 Å². The Morgan fingerprint density at radius 2 is 1.60 bits per heavy atom. The lowest BCUT2D eigenvalue weighted by atomic mass is 9.79. The fourth-order valence-electron chi connectivity index (χ4n) is 4.61. The summed E-state index contributed by atoms with van der Waals surface area (Å²) in [6, 6.07) is 18.9. The van der Waals surface area contributed by atoms with E-state index in [0.29, 0.717) is 12.3 Å². The van der Waals surface area contributed by atoms with Gasteiger partial charge in [0.1, 0.15) is 5.75 Å². The van der Waals surface area contributed by atoms with Crippen molar-refractivity contribution in [3.05, 3.63) is 94.9 Å². The van der Waals surface area contributed by atoms with E-state index in [4.69, 9.17) is 0 Å². The van der Waals surface area contributed by atoms with E-state index in [2.05, 4.69) is 105 Å². The Bertz CT molecular complexity index is 1280. The molecule has 0 radical (unpaired) electrons. The van der Waals surface area contributed by atoms with Crippen molar-refractivity contribution in [3.63, 3.8) is 0 Å². The zero-order valence-corrected chi connectivity index (χ0v) is 22.0. The van der Waals surface area contributed by atoms with Crippen molar-refractivity contribution in [2.24, 2.45) is 0 Å². The van der Waals surface area contributed by atoms with Crippen LogP contribution in [0.1, 0.15) is 69.5 Å². The number of aromatic hydroxyl groups is 1. The van der Waals surface area contributed by atoms with Crippen LogP contribution < -0.4 is 0 Å². The molecule has 0 amide bonds. The van der Waals surface area contributed by atoms with E-state index in [1.54, 1.807) is 0 Å². The number of benzene rings is 2. The van der Waals surface area contributed by atoms with Crippen LogP contribution in [0.2, 0.25) is 0 Å². The van der Waals surface area contributed by atoms with Crippen LogP contribution in [-0.2, 0) is 30.3 Å². The normalized spacial score (nSPS) is 12.5. The number of nitrogens with zero attached hydrogens (tertiary/aromatic N) is 2. The van der Waals surface area contributed by atoms with Crippen molar-refractivity contribution in [1.29, 1.82) is 0 Å². The molecule has 0 atom stereocenters. The summed E-state index contributed by atoms with van der Waals surface area (Å²) in [5.74, 6) is 0.420. The predicted molar refractivity (Wildman–Crippen MR) is 146 cm³/mol. The SMILES string of the molecule is CC(C)(C)c1cc(CN(CCc2c[nH]c3ccccc23)Cc2ccccn2)c(O)c(C(C)(C)C)c1. The predicted octanol–water partition coefficient (Wildman–Crippen LogP) is 7.11. The maximum atomic E-state index is 11.4. The molecular weight excluding hydrogens is 430 g/mol. The van der Waals surface area contributed by atoms with E-state index in [1.165, 1.54) is 22.0 Å². The summed E-state index contributed by atoms with van der Waals surface area (Å²) in [7, 11) is 0. The van der Waals surface area contributed by atoms with Gasteiger partial charge in [0.25, 0.3) is 0 Å². The van der Waals surface area contributed by atoms with Gasteiger partial charge in [-0.1, -0.05) is 77.9 Å². The minimum absolute atomic E-state index is 0.00168. The summed E-state index contributed by atoms with van der Waals surface area (Å²) in [5, 5.41) is 12.7. The lowest BCUT2D eigenvalue weighted by Gasteiger charge is -2.29. The van der Waals surface area contributed by atoms with Gasteiger partial charge in [-0.15, -0.1) is 0 Å². The number of phenols is 1. The van der Waals surface area contributed by atoms with Gasteiger partial charge in [-0.3, -0.25) is 9.88 Å². The van der Waals surface area contributed by atoms with Gasteiger partial charge in [-0.25, -0.2) is 0 Å². The van der Waals surface area contributed by atoms with Crippen LogP contribution in [-0.4, -0.2) is 26.5 Å². The Kier molecular flexibility index (Phi) is 7.05. The first-order valence-corrected chi connectivity index (χ1v) is 12.6. The number of H-pyrrole nitrogens is 1. The third-order valence-electron chi connectivity index (χ3n) is 6.74. The molecule has 0 unspecified atom stereocenters. The zero-order chi connectivity index (χ0) is 25.2. The van der Waals surface area contributed by atoms with Crippen molar-refractivity contribution >= 4 is 10.9 Å². The third kappa shape index (κ3) is 5.94. The number of para-hydroxylation sites is 1. The van der Waals surface area contributed by atoms with E-state index in [0.717, 1.165) is 36.3 Å². The summed E-state index contributed by atoms with van der Waals surface area (Å²) >= 11 is 0. The second-order valence-electron chi connectivity index (χ2n) is 11.7. The fraction of sp³-hybridized carbons (Fsp3) is 0.387. The van der Waals surface area contributed by atoms with Crippen LogP contribution in [0.25, 0.3) is 10.9 Å². The molecule has 2 aromatic carbocycles. The fourth-order valence-corrected chi connectivity index (χ4v) is 4.61. The van der Waals surface area contributed by atoms with Crippen LogP contribution in [0.4, 0.5) is 0 Å². The first-order valence-electron chi connectivity index (χ1n) is 12.6. The number of phenolic OH excluding ortho intramolecular Hbond substituents is 1. The first-order chi connectivity index (χ1) is 16.5. The van der Waals surface area contributed by atoms with Gasteiger partial charge in [0.15, 0.2) is 0 Å². The lowest BCUT2D eigenvalue weighted by molar-refractivity contribution is 0.253. The molecule has 4 heteroatoms. The Morgan fingerprint density at radius 1 is 0.857 bits per heavy atom. The van der Waals surface area contributed by atoms with E-state index < -0.39 is 0 Å². The first kappa shape index (κ1) is 25.0. The summed E-state index contributed by atoms with van der Waals surface area (Å²) in [5.41, 5.74) is 6.62. The van der Waals surface area contributed by atoms with Crippen molar-refractivity contribution in [3.8, 4) is 5.75 Å². The van der Waals surface area contributed by atoms with E-state index >= 15 is 0 Å². The molecule has 0 fully saturated rings. The Labute approximate surface area is 210 Å². The molecule has 0 saturated carbocycles. The smallest absolute Gasteiger partial charge is 0.123 e. The number of pyridine rings is 1. The van der Waals surface area contributed by atoms with Crippen molar-refractivity contribution in [2.45, 2.75) is 71.9 Å². The number of nitrogens with one attached hydrogen (secondary N) is 1. The standard InChI is InChI=1S/C31H39N3O/c1-30(2,3)24-17-23(29(35)27(18-24)31(4,5)6)20-34(21-25-11-9-10-15-32-25)16-14-22-19-33-28-13-8-7-12-26(22)28/h7-13,15,17-19,33,35H,14,16,20-21H2,1-6H3. The maximum Gasteiger partial charge on any atom is 0.123 e. The van der Waals surface area contributed by atoms with Gasteiger partial charge in [0, 0.05) is 48.5 Å². The number of fused-ring (bicyclic) bond motifs is 1. The van der Waals surface area contributed by atoms with Crippen molar-refractivity contribution in [2.75, 3.05) is 6.54 Å². The van der Waals surface area contributed by atoms with E-state index in [-0.39, 0.29) is 10.8 Å². The van der Waals surface area contributed by atoms with Crippen LogP contribution in [0.15, 0.2) is 67.0 Å². The van der Waals surface area contributed by atoms with Crippen LogP contribution in [0.3, 0.4) is 0 Å². The summed E-state index contributed by atoms with van der Waals surface area (Å²) in [6.07, 6.45) is 4.89. The Hall–Kier alpha value is -3.11. The molecule has 184 valence electrons. The molecular formula is C31H39N3O. The second-order valence-corrected chi connectivity index (χ2v) is 11.7. The highest BCUT2D eigenvalue weighted by Crippen LogP contribution is 2.38. The van der Waals surface area contributed by atoms with Crippen molar-refractivity contribution < 1.29 is 5.11 Å². The number of hydrogen-bond acceptors (Lipinski definition) is 3. The Morgan fingerprint density at radius 3 is 2.29 bits per heavy atom. The summed E-state index contributed by atoms with van der Waals surface area (Å²) < 4.78 is 0. The average molecular weight is 470 g/mol. The number of hydrogen-bond donors (Lipinski definition) is 2. The largest absolute Gasteiger partial charge is 0.507 e. The topological polar surface area (TPSA) is 52.2 Å². The van der Waals surface area contributed by atoms with Crippen molar-refractivity contribution in [1.82, 2.24) is 14.9 Å². The Balaban J connectivity index is 1.67. The quantitative estimate of drug-likeness (QED) is 0.303. The van der Waals surface area contributed by atoms with E-state index in [1.807, 2.05) is 18.3 Å². The molecule has 0 aliphatic carbocycles. The lowest BCUT2D eigenvalue weighted by Crippen LogP contribution is -2.27. The highest BCUT2D eigenvalue weighted by Gasteiger charge is 2.25. The molecule has 0 bridgehead atoms. The van der Waals surface area contributed by atoms with Gasteiger partial charge in [0.05, 0.1) is 5.69 Å². The van der Waals surface area contributed by atoms with Crippen LogP contribution in [0.5, 0.6) is 5.75 Å². The van der Waals surface area contributed by atoms with Gasteiger partial charge in [0.2, 0.25) is 0 Å². The summed E-state index contributed by atoms with van der Waals surface area (Å²) in [6.45, 7) is 15.5. The molecule has 4 aromatic rings. The minimum atomic E-state index is -0.143. The third-order valence-corrected chi connectivity index (χ3v) is 6.74. The monoisotopic (exact) mass is 469 g/mol. The molecule has 4 nitrogen and oxygen atoms in total. The van der Waals surface area contributed by atoms with Gasteiger partial charge < -0.3 is 10.1 Å². The average Bonchev–Trinajstić information content (AvgIpc) is 3.21. The molecule has 2 heterocycles. The van der Waals surface area contributed by atoms with Gasteiger partial charge in [-0.2, -0.15) is 0 Å². The molecule has 0 aliphatic rings. The van der Waals surface area contributed by atoms with E-state index in [9.17, 15) is 5.11 Å². The molecule has 0 aliphatic heterocycles. The molecule has 4 rings (SSSR count). The second kappa shape index (κ2) is 9.87. The summed E-state index contributed by atoms with van der Waals surface area (Å²) in [4.78, 5) is 10.4. The minimum Gasteiger partial charge on any atom is -0.507 e. The number of rotatable bonds is 7. The highest BCUT2D eigenvalue weighted by molar-refractivity contribution is 5.83. The molecule has 0 saturated heterocycles. The molecule has 2 aromatic heterocycles. The number of aromatic amines is 1. The van der Waals surface area contributed by atoms with Gasteiger partial charge in [-0.05, 0) is 52.1 Å². The molecule has 0 spiro atoms. The number of aromatic nitrogens is 2. The highest BCUT2D eigenvalue weighted by atomic mass is 16.3. The van der Waals surface area contributed by atoms with Gasteiger partial charge >= 0.3 is 0 Å². The van der Waals surface area contributed by atoms with Crippen LogP contribution >= 0.6 is 0 Å². The molecule has 2 N–H and O–H groups in total. The molecule has 35 heavy (non-hydrogen) atoms.